The van der Waals surface area contributed by atoms with Gasteiger partial charge >= 0.3 is 0 Å². The normalized spacial score (nSPS) is 11.0. The van der Waals surface area contributed by atoms with Crippen LogP contribution in [-0.2, 0) is 19.5 Å². The first kappa shape index (κ1) is 22.6. The van der Waals surface area contributed by atoms with Crippen LogP contribution >= 0.6 is 35.3 Å². The van der Waals surface area contributed by atoms with Crippen molar-refractivity contribution in [2.24, 2.45) is 4.99 Å². The summed E-state index contributed by atoms with van der Waals surface area (Å²) in [6.07, 6.45) is 6.85. The molecule has 2 aromatic heterocycles. The zero-order valence-corrected chi connectivity index (χ0v) is 18.8. The van der Waals surface area contributed by atoms with Gasteiger partial charge in [0.1, 0.15) is 5.01 Å². The molecular formula is C18H28IN5OS. The molecule has 26 heavy (non-hydrogen) atoms. The lowest BCUT2D eigenvalue weighted by Crippen LogP contribution is -2.36. The Kier molecular flexibility index (Phi) is 11.2. The first-order valence-corrected chi connectivity index (χ1v) is 9.53. The number of aromatic nitrogens is 2. The highest BCUT2D eigenvalue weighted by Crippen LogP contribution is 2.15. The van der Waals surface area contributed by atoms with E-state index in [1.54, 1.807) is 24.6 Å². The number of guanidine groups is 1. The summed E-state index contributed by atoms with van der Waals surface area (Å²) in [6, 6.07) is 3.94. The summed E-state index contributed by atoms with van der Waals surface area (Å²) in [5.41, 5.74) is 1.02. The summed E-state index contributed by atoms with van der Waals surface area (Å²) >= 11 is 1.73. The Labute approximate surface area is 176 Å². The van der Waals surface area contributed by atoms with Crippen LogP contribution in [0.4, 0.5) is 0 Å². The van der Waals surface area contributed by atoms with E-state index in [9.17, 15) is 0 Å². The molecule has 8 heteroatoms. The van der Waals surface area contributed by atoms with Gasteiger partial charge in [0.05, 0.1) is 13.2 Å². The molecule has 6 nitrogen and oxygen atoms in total. The molecule has 0 aliphatic heterocycles. The van der Waals surface area contributed by atoms with Crippen LogP contribution in [0.2, 0.25) is 0 Å². The molecule has 0 saturated carbocycles. The van der Waals surface area contributed by atoms with Crippen molar-refractivity contribution in [1.82, 2.24) is 20.6 Å². The van der Waals surface area contributed by atoms with Crippen LogP contribution in [0.15, 0.2) is 29.5 Å². The van der Waals surface area contributed by atoms with Gasteiger partial charge in [-0.25, -0.2) is 9.97 Å². The lowest BCUT2D eigenvalue weighted by atomic mass is 10.2. The van der Waals surface area contributed by atoms with Crippen LogP contribution in [-0.4, -0.2) is 29.6 Å². The molecule has 2 heterocycles. The van der Waals surface area contributed by atoms with Gasteiger partial charge in [-0.3, -0.25) is 4.99 Å². The van der Waals surface area contributed by atoms with E-state index in [0.29, 0.717) is 25.6 Å². The van der Waals surface area contributed by atoms with Crippen LogP contribution in [0.1, 0.15) is 42.1 Å². The number of unbranched alkanes of at least 4 members (excludes halogenated alkanes) is 1. The summed E-state index contributed by atoms with van der Waals surface area (Å²) in [7, 11) is 1.76. The summed E-state index contributed by atoms with van der Waals surface area (Å²) in [4.78, 5) is 14.3. The number of rotatable bonds is 9. The van der Waals surface area contributed by atoms with Crippen molar-refractivity contribution in [1.29, 1.82) is 0 Å². The Hall–Kier alpha value is -1.42. The average molecular weight is 489 g/mol. The highest BCUT2D eigenvalue weighted by Gasteiger charge is 2.07. The van der Waals surface area contributed by atoms with Gasteiger partial charge in [0.15, 0.2) is 5.96 Å². The molecule has 0 spiro atoms. The number of aryl methyl sites for hydroxylation is 1. The fraction of sp³-hybridized carbons (Fsp3) is 0.500. The molecule has 2 N–H and O–H groups in total. The van der Waals surface area contributed by atoms with Crippen molar-refractivity contribution < 1.29 is 4.74 Å². The number of hydrogen-bond acceptors (Lipinski definition) is 5. The molecule has 0 aromatic carbocycles. The van der Waals surface area contributed by atoms with Crippen LogP contribution < -0.4 is 15.4 Å². The van der Waals surface area contributed by atoms with E-state index in [-0.39, 0.29) is 24.0 Å². The number of ether oxygens (including phenoxy) is 1. The molecule has 0 saturated heterocycles. The van der Waals surface area contributed by atoms with E-state index in [1.165, 1.54) is 4.88 Å². The number of hydrogen-bond donors (Lipinski definition) is 2. The van der Waals surface area contributed by atoms with Crippen LogP contribution in [0.5, 0.6) is 5.88 Å². The van der Waals surface area contributed by atoms with Crippen molar-refractivity contribution in [3.05, 3.63) is 40.0 Å². The second-order valence-electron chi connectivity index (χ2n) is 5.52. The van der Waals surface area contributed by atoms with Crippen molar-refractivity contribution in [2.45, 2.75) is 46.2 Å². The van der Waals surface area contributed by atoms with E-state index in [0.717, 1.165) is 35.8 Å². The fourth-order valence-corrected chi connectivity index (χ4v) is 2.96. The Balaban J connectivity index is 0.00000338. The zero-order valence-electron chi connectivity index (χ0n) is 15.6. The number of pyridine rings is 1. The molecular weight excluding hydrogens is 461 g/mol. The number of thiazole rings is 1. The van der Waals surface area contributed by atoms with Gasteiger partial charge in [-0.15, -0.1) is 35.3 Å². The summed E-state index contributed by atoms with van der Waals surface area (Å²) in [6.45, 7) is 6.24. The molecule has 0 atom stereocenters. The Morgan fingerprint density at radius 2 is 2.04 bits per heavy atom. The Bertz CT molecular complexity index is 677. The molecule has 0 bridgehead atoms. The Morgan fingerprint density at radius 3 is 2.73 bits per heavy atom. The summed E-state index contributed by atoms with van der Waals surface area (Å²) < 4.78 is 5.77. The van der Waals surface area contributed by atoms with E-state index < -0.39 is 0 Å². The van der Waals surface area contributed by atoms with Crippen molar-refractivity contribution in [3.63, 3.8) is 0 Å². The predicted molar refractivity (Wildman–Crippen MR) is 119 cm³/mol. The topological polar surface area (TPSA) is 71.4 Å². The maximum atomic E-state index is 5.77. The molecule has 0 fully saturated rings. The van der Waals surface area contributed by atoms with E-state index in [2.05, 4.69) is 39.4 Å². The van der Waals surface area contributed by atoms with Crippen molar-refractivity contribution in [3.8, 4) is 5.88 Å². The standard InChI is InChI=1S/C18H27N5OS.HI/c1-4-6-10-24-17-14(8-7-9-20-17)11-22-18(19-3)23-13-16-21-12-15(5-2)25-16;/h7-9,12H,4-6,10-11,13H2,1-3H3,(H2,19,22,23);1H. The maximum absolute atomic E-state index is 5.77. The number of aliphatic imine (C=N–C) groups is 1. The lowest BCUT2D eigenvalue weighted by molar-refractivity contribution is 0.294. The lowest BCUT2D eigenvalue weighted by Gasteiger charge is -2.13. The summed E-state index contributed by atoms with van der Waals surface area (Å²) in [5, 5.41) is 7.65. The van der Waals surface area contributed by atoms with Crippen LogP contribution in [0.3, 0.4) is 0 Å². The van der Waals surface area contributed by atoms with Crippen molar-refractivity contribution in [2.75, 3.05) is 13.7 Å². The highest BCUT2D eigenvalue weighted by molar-refractivity contribution is 14.0. The van der Waals surface area contributed by atoms with E-state index in [1.807, 2.05) is 18.3 Å². The smallest absolute Gasteiger partial charge is 0.218 e. The van der Waals surface area contributed by atoms with Crippen LogP contribution in [0.25, 0.3) is 0 Å². The average Bonchev–Trinajstić information content (AvgIpc) is 3.11. The van der Waals surface area contributed by atoms with Gasteiger partial charge in [0.25, 0.3) is 0 Å². The number of nitrogens with one attached hydrogen (secondary N) is 2. The highest BCUT2D eigenvalue weighted by atomic mass is 127. The molecule has 0 aliphatic carbocycles. The number of nitrogens with zero attached hydrogens (tertiary/aromatic N) is 3. The van der Waals surface area contributed by atoms with E-state index >= 15 is 0 Å². The Morgan fingerprint density at radius 1 is 1.23 bits per heavy atom. The monoisotopic (exact) mass is 489 g/mol. The molecule has 2 aromatic rings. The zero-order chi connectivity index (χ0) is 17.9. The second-order valence-corrected chi connectivity index (χ2v) is 6.72. The van der Waals surface area contributed by atoms with Gasteiger partial charge in [0, 0.05) is 36.4 Å². The van der Waals surface area contributed by atoms with Gasteiger partial charge in [-0.05, 0) is 18.9 Å². The van der Waals surface area contributed by atoms with Gasteiger partial charge < -0.3 is 15.4 Å². The third kappa shape index (κ3) is 7.45. The molecule has 0 unspecified atom stereocenters. The third-order valence-corrected chi connectivity index (χ3v) is 4.76. The number of halogens is 1. The van der Waals surface area contributed by atoms with Crippen LogP contribution in [0, 0.1) is 0 Å². The first-order chi connectivity index (χ1) is 12.3. The van der Waals surface area contributed by atoms with E-state index in [4.69, 9.17) is 4.74 Å². The van der Waals surface area contributed by atoms with Gasteiger partial charge in [-0.1, -0.05) is 26.3 Å². The molecule has 2 rings (SSSR count). The quantitative estimate of drug-likeness (QED) is 0.243. The molecule has 0 amide bonds. The third-order valence-electron chi connectivity index (χ3n) is 3.61. The minimum absolute atomic E-state index is 0. The maximum Gasteiger partial charge on any atom is 0.218 e. The predicted octanol–water partition coefficient (Wildman–Crippen LogP) is 3.76. The second kappa shape index (κ2) is 12.9. The summed E-state index contributed by atoms with van der Waals surface area (Å²) in [5.74, 6) is 1.42. The van der Waals surface area contributed by atoms with Gasteiger partial charge in [-0.2, -0.15) is 0 Å². The molecule has 0 aliphatic rings. The SMILES string of the molecule is CCCCOc1ncccc1CNC(=NC)NCc1ncc(CC)s1.I. The molecule has 0 radical (unpaired) electrons. The first-order valence-electron chi connectivity index (χ1n) is 8.71. The van der Waals surface area contributed by atoms with Gasteiger partial charge in [0.2, 0.25) is 5.88 Å². The molecule has 144 valence electrons. The minimum atomic E-state index is 0. The minimum Gasteiger partial charge on any atom is -0.477 e. The van der Waals surface area contributed by atoms with Crippen molar-refractivity contribution >= 4 is 41.3 Å². The fourth-order valence-electron chi connectivity index (χ4n) is 2.15. The largest absolute Gasteiger partial charge is 0.477 e.